The number of fused-ring (bicyclic) bond motifs is 1. The number of nitrogens with zero attached hydrogens (tertiary/aromatic N) is 1. The Kier molecular flexibility index (Phi) is 3.60. The molecule has 122 valence electrons. The molecule has 2 aromatic rings. The minimum Gasteiger partial charge on any atom is -0.316 e. The molecule has 24 heavy (non-hydrogen) atoms. The molecule has 1 aromatic heterocycles. The number of carbonyl (C=O) groups is 3. The van der Waals surface area contributed by atoms with E-state index in [0.717, 1.165) is 11.1 Å². The molecule has 0 bridgehead atoms. The second-order valence-corrected chi connectivity index (χ2v) is 5.05. The molecule has 0 saturated heterocycles. The van der Waals surface area contributed by atoms with Gasteiger partial charge in [0.2, 0.25) is 0 Å². The molecule has 9 nitrogen and oxygen atoms in total. The zero-order valence-electron chi connectivity index (χ0n) is 12.5. The summed E-state index contributed by atoms with van der Waals surface area (Å²) in [6.45, 7) is 1.92. The summed E-state index contributed by atoms with van der Waals surface area (Å²) in [4.78, 5) is 64.2. The molecule has 3 amide bonds. The maximum atomic E-state index is 12.2. The lowest BCUT2D eigenvalue weighted by molar-refractivity contribution is 0.0662. The number of rotatable bonds is 3. The Hall–Kier alpha value is -3.49. The van der Waals surface area contributed by atoms with Gasteiger partial charge in [0.05, 0.1) is 11.1 Å². The van der Waals surface area contributed by atoms with Gasteiger partial charge in [-0.2, -0.15) is 0 Å². The average molecular weight is 328 g/mol. The number of aromatic amines is 2. The maximum absolute atomic E-state index is 12.2. The molecule has 0 spiro atoms. The second-order valence-electron chi connectivity index (χ2n) is 5.05. The number of benzene rings is 1. The molecule has 1 aliphatic rings. The normalized spacial score (nSPS) is 13.1. The molecule has 0 saturated carbocycles. The molecule has 3 N–H and O–H groups in total. The fourth-order valence-electron chi connectivity index (χ4n) is 2.42. The van der Waals surface area contributed by atoms with Crippen LogP contribution in [0, 0.1) is 0 Å². The van der Waals surface area contributed by atoms with Crippen molar-refractivity contribution in [3.63, 3.8) is 0 Å². The van der Waals surface area contributed by atoms with E-state index in [2.05, 4.69) is 10.3 Å². The first kappa shape index (κ1) is 15.4. The average Bonchev–Trinajstić information content (AvgIpc) is 2.80. The summed E-state index contributed by atoms with van der Waals surface area (Å²) in [7, 11) is 0. The van der Waals surface area contributed by atoms with E-state index in [0.29, 0.717) is 0 Å². The van der Waals surface area contributed by atoms with E-state index in [-0.39, 0.29) is 28.9 Å². The van der Waals surface area contributed by atoms with Gasteiger partial charge in [-0.3, -0.25) is 29.1 Å². The highest BCUT2D eigenvalue weighted by Crippen LogP contribution is 2.24. The van der Waals surface area contributed by atoms with Crippen LogP contribution in [0.5, 0.6) is 0 Å². The zero-order valence-corrected chi connectivity index (χ0v) is 12.5. The van der Waals surface area contributed by atoms with Crippen LogP contribution >= 0.6 is 0 Å². The number of anilines is 1. The fraction of sp³-hybridized carbons (Fsp3) is 0.133. The Labute approximate surface area is 134 Å². The minimum atomic E-state index is -0.753. The van der Waals surface area contributed by atoms with Crippen molar-refractivity contribution >= 4 is 23.4 Å². The van der Waals surface area contributed by atoms with Crippen LogP contribution in [0.1, 0.15) is 38.0 Å². The van der Waals surface area contributed by atoms with Crippen molar-refractivity contribution in [1.82, 2.24) is 14.9 Å². The third-order valence-electron chi connectivity index (χ3n) is 3.62. The Morgan fingerprint density at radius 2 is 1.83 bits per heavy atom. The highest BCUT2D eigenvalue weighted by atomic mass is 16.2. The molecule has 0 radical (unpaired) electrons. The summed E-state index contributed by atoms with van der Waals surface area (Å²) in [5.74, 6) is -1.51. The van der Waals surface area contributed by atoms with Crippen LogP contribution in [0.25, 0.3) is 0 Å². The van der Waals surface area contributed by atoms with E-state index in [4.69, 9.17) is 0 Å². The van der Waals surface area contributed by atoms with Crippen molar-refractivity contribution in [2.45, 2.75) is 6.92 Å². The summed E-state index contributed by atoms with van der Waals surface area (Å²) < 4.78 is 0. The number of carbonyl (C=O) groups excluding carboxylic acids is 3. The van der Waals surface area contributed by atoms with E-state index in [9.17, 15) is 24.0 Å². The van der Waals surface area contributed by atoms with Gasteiger partial charge in [-0.1, -0.05) is 0 Å². The number of aromatic nitrogens is 2. The van der Waals surface area contributed by atoms with E-state index < -0.39 is 29.0 Å². The molecule has 0 unspecified atom stereocenters. The van der Waals surface area contributed by atoms with Gasteiger partial charge in [0.25, 0.3) is 23.3 Å². The third-order valence-corrected chi connectivity index (χ3v) is 3.62. The lowest BCUT2D eigenvalue weighted by atomic mass is 10.1. The topological polar surface area (TPSA) is 132 Å². The van der Waals surface area contributed by atoms with Gasteiger partial charge in [-0.05, 0) is 25.1 Å². The van der Waals surface area contributed by atoms with Crippen LogP contribution in [-0.4, -0.2) is 39.1 Å². The Bertz CT molecular complexity index is 988. The molecule has 1 aromatic carbocycles. The SMILES string of the molecule is CCN1C(=O)c2ccc(C(=O)Nc3c[nH]c(=O)[nH]c3=O)cc2C1=O. The third kappa shape index (κ3) is 2.41. The van der Waals surface area contributed by atoms with Gasteiger partial charge in [-0.15, -0.1) is 0 Å². The van der Waals surface area contributed by atoms with Crippen molar-refractivity contribution in [1.29, 1.82) is 0 Å². The first-order chi connectivity index (χ1) is 11.4. The number of hydrogen-bond acceptors (Lipinski definition) is 5. The molecule has 9 heteroatoms. The van der Waals surface area contributed by atoms with Crippen LogP contribution in [0.2, 0.25) is 0 Å². The summed E-state index contributed by atoms with van der Waals surface area (Å²) in [6, 6.07) is 4.09. The quantitative estimate of drug-likeness (QED) is 0.679. The molecule has 3 rings (SSSR count). The number of H-pyrrole nitrogens is 2. The van der Waals surface area contributed by atoms with Gasteiger partial charge in [0.1, 0.15) is 5.69 Å². The van der Waals surface area contributed by atoms with Gasteiger partial charge in [-0.25, -0.2) is 4.79 Å². The molecule has 2 heterocycles. The highest BCUT2D eigenvalue weighted by molar-refractivity contribution is 6.22. The lowest BCUT2D eigenvalue weighted by Crippen LogP contribution is -2.29. The van der Waals surface area contributed by atoms with Crippen LogP contribution in [0.4, 0.5) is 5.69 Å². The summed E-state index contributed by atoms with van der Waals surface area (Å²) in [5, 5.41) is 2.33. The molecule has 0 aliphatic carbocycles. The monoisotopic (exact) mass is 328 g/mol. The standard InChI is InChI=1S/C15H12N4O5/c1-2-19-13(22)8-4-3-7(5-9(8)14(19)23)11(20)17-10-6-16-15(24)18-12(10)21/h3-6H,2H2,1H3,(H,17,20)(H2,16,18,21,24). The summed E-state index contributed by atoms with van der Waals surface area (Å²) >= 11 is 0. The van der Waals surface area contributed by atoms with E-state index >= 15 is 0 Å². The van der Waals surface area contributed by atoms with Crippen molar-refractivity contribution < 1.29 is 14.4 Å². The molecule has 0 fully saturated rings. The van der Waals surface area contributed by atoms with Gasteiger partial charge in [0, 0.05) is 18.3 Å². The molecule has 1 aliphatic heterocycles. The van der Waals surface area contributed by atoms with Gasteiger partial charge >= 0.3 is 5.69 Å². The maximum Gasteiger partial charge on any atom is 0.325 e. The number of imide groups is 1. The molecular weight excluding hydrogens is 316 g/mol. The first-order valence-electron chi connectivity index (χ1n) is 7.06. The Morgan fingerprint density at radius 1 is 1.12 bits per heavy atom. The predicted octanol–water partition coefficient (Wildman–Crippen LogP) is -0.0686. The minimum absolute atomic E-state index is 0.110. The van der Waals surface area contributed by atoms with Crippen molar-refractivity contribution in [3.05, 3.63) is 61.9 Å². The Morgan fingerprint density at radius 3 is 2.50 bits per heavy atom. The smallest absolute Gasteiger partial charge is 0.316 e. The van der Waals surface area contributed by atoms with Crippen LogP contribution < -0.4 is 16.6 Å². The first-order valence-corrected chi connectivity index (χ1v) is 7.06. The fourth-order valence-corrected chi connectivity index (χ4v) is 2.42. The summed E-state index contributed by atoms with van der Waals surface area (Å²) in [5.41, 5.74) is -1.10. The zero-order chi connectivity index (χ0) is 17.4. The lowest BCUT2D eigenvalue weighted by Gasteiger charge is -2.08. The van der Waals surface area contributed by atoms with E-state index in [1.54, 1.807) is 6.92 Å². The highest BCUT2D eigenvalue weighted by Gasteiger charge is 2.34. The number of amides is 3. The van der Waals surface area contributed by atoms with Gasteiger partial charge < -0.3 is 10.3 Å². The van der Waals surface area contributed by atoms with Gasteiger partial charge in [0.15, 0.2) is 0 Å². The van der Waals surface area contributed by atoms with Crippen LogP contribution in [0.3, 0.4) is 0 Å². The Balaban J connectivity index is 1.92. The van der Waals surface area contributed by atoms with Crippen molar-refractivity contribution in [2.24, 2.45) is 0 Å². The second kappa shape index (κ2) is 5.61. The van der Waals surface area contributed by atoms with Crippen LogP contribution in [-0.2, 0) is 0 Å². The number of hydrogen-bond donors (Lipinski definition) is 3. The van der Waals surface area contributed by atoms with E-state index in [1.807, 2.05) is 4.98 Å². The van der Waals surface area contributed by atoms with E-state index in [1.165, 1.54) is 18.2 Å². The number of nitrogens with one attached hydrogen (secondary N) is 3. The molecule has 0 atom stereocenters. The van der Waals surface area contributed by atoms with Crippen LogP contribution in [0.15, 0.2) is 34.0 Å². The molecular formula is C15H12N4O5. The van der Waals surface area contributed by atoms with Crippen molar-refractivity contribution in [2.75, 3.05) is 11.9 Å². The largest absolute Gasteiger partial charge is 0.325 e. The van der Waals surface area contributed by atoms with Crippen molar-refractivity contribution in [3.8, 4) is 0 Å². The summed E-state index contributed by atoms with van der Waals surface area (Å²) in [6.07, 6.45) is 1.07. The predicted molar refractivity (Wildman–Crippen MR) is 83.1 cm³/mol.